The van der Waals surface area contributed by atoms with Crippen LogP contribution in [0, 0.1) is 5.82 Å². The number of hydrogen-bond acceptors (Lipinski definition) is 5. The van der Waals surface area contributed by atoms with E-state index in [1.165, 1.54) is 6.07 Å². The molecule has 2 aromatic carbocycles. The molecule has 28 heavy (non-hydrogen) atoms. The summed E-state index contributed by atoms with van der Waals surface area (Å²) in [6.07, 6.45) is 0.880. The highest BCUT2D eigenvalue weighted by atomic mass is 19.1. The average Bonchev–Trinajstić information content (AvgIpc) is 3.04. The summed E-state index contributed by atoms with van der Waals surface area (Å²) < 4.78 is 29.6. The number of hydrogen-bond donors (Lipinski definition) is 0. The van der Waals surface area contributed by atoms with Gasteiger partial charge >= 0.3 is 0 Å². The zero-order valence-corrected chi connectivity index (χ0v) is 15.6. The number of nitrogens with zero attached hydrogens (tertiary/aromatic N) is 2. The fourth-order valence-electron chi connectivity index (χ4n) is 3.47. The van der Waals surface area contributed by atoms with E-state index in [0.29, 0.717) is 36.9 Å². The van der Waals surface area contributed by atoms with Gasteiger partial charge < -0.3 is 19.1 Å². The van der Waals surface area contributed by atoms with Crippen LogP contribution in [-0.4, -0.2) is 55.3 Å². The average molecular weight is 386 g/mol. The van der Waals surface area contributed by atoms with Gasteiger partial charge in [0.15, 0.2) is 18.1 Å². The molecule has 2 heterocycles. The highest BCUT2D eigenvalue weighted by Gasteiger charge is 2.20. The van der Waals surface area contributed by atoms with E-state index < -0.39 is 0 Å². The number of carbonyl (C=O) groups excluding carboxylic acids is 1. The Kier molecular flexibility index (Phi) is 5.62. The summed E-state index contributed by atoms with van der Waals surface area (Å²) in [5.41, 5.74) is 0.950. The number of ether oxygens (including phenoxy) is 3. The van der Waals surface area contributed by atoms with Gasteiger partial charge in [-0.1, -0.05) is 12.1 Å². The van der Waals surface area contributed by atoms with Crippen molar-refractivity contribution in [2.24, 2.45) is 0 Å². The summed E-state index contributed by atoms with van der Waals surface area (Å²) in [6.45, 7) is 3.85. The molecule has 0 atom stereocenters. The Hall–Kier alpha value is -2.80. The van der Waals surface area contributed by atoms with Crippen LogP contribution in [0.2, 0.25) is 0 Å². The smallest absolute Gasteiger partial charge is 0.260 e. The van der Waals surface area contributed by atoms with Crippen molar-refractivity contribution in [2.75, 3.05) is 39.6 Å². The van der Waals surface area contributed by atoms with Crippen LogP contribution >= 0.6 is 0 Å². The predicted molar refractivity (Wildman–Crippen MR) is 101 cm³/mol. The summed E-state index contributed by atoms with van der Waals surface area (Å²) in [5, 5.41) is 0. The molecule has 1 amide bonds. The topological polar surface area (TPSA) is 51.2 Å². The first-order valence-electron chi connectivity index (χ1n) is 9.44. The molecular weight excluding hydrogens is 363 g/mol. The van der Waals surface area contributed by atoms with E-state index in [4.69, 9.17) is 14.2 Å². The second-order valence-corrected chi connectivity index (χ2v) is 6.94. The van der Waals surface area contributed by atoms with Crippen LogP contribution in [0.5, 0.6) is 17.2 Å². The minimum absolute atomic E-state index is 0.0104. The van der Waals surface area contributed by atoms with Crippen molar-refractivity contribution in [2.45, 2.75) is 13.0 Å². The standard InChI is InChI=1S/C21H23FN2O4/c22-17-4-1-3-16(11-17)13-23-7-2-8-24(10-9-23)21(25)14-26-18-5-6-19-20(12-18)28-15-27-19/h1,3-6,11-12H,2,7-10,13-15H2. The van der Waals surface area contributed by atoms with Gasteiger partial charge in [0, 0.05) is 38.8 Å². The van der Waals surface area contributed by atoms with Gasteiger partial charge in [0.25, 0.3) is 5.91 Å². The van der Waals surface area contributed by atoms with E-state index in [9.17, 15) is 9.18 Å². The monoisotopic (exact) mass is 386 g/mol. The third kappa shape index (κ3) is 4.54. The Morgan fingerprint density at radius 3 is 2.82 bits per heavy atom. The quantitative estimate of drug-likeness (QED) is 0.791. The summed E-state index contributed by atoms with van der Waals surface area (Å²) in [6, 6.07) is 11.9. The Bertz CT molecular complexity index is 845. The second-order valence-electron chi connectivity index (χ2n) is 6.94. The molecule has 7 heteroatoms. The normalized spacial score (nSPS) is 16.7. The second kappa shape index (κ2) is 8.48. The van der Waals surface area contributed by atoms with Gasteiger partial charge in [0.05, 0.1) is 0 Å². The molecular formula is C21H23FN2O4. The lowest BCUT2D eigenvalue weighted by Gasteiger charge is -2.22. The fourth-order valence-corrected chi connectivity index (χ4v) is 3.47. The predicted octanol–water partition coefficient (Wildman–Crippen LogP) is 2.67. The fraction of sp³-hybridized carbons (Fsp3) is 0.381. The molecule has 2 aliphatic rings. The van der Waals surface area contributed by atoms with Crippen LogP contribution in [0.15, 0.2) is 42.5 Å². The van der Waals surface area contributed by atoms with E-state index in [-0.39, 0.29) is 25.1 Å². The van der Waals surface area contributed by atoms with Crippen molar-refractivity contribution >= 4 is 5.91 Å². The first-order valence-corrected chi connectivity index (χ1v) is 9.44. The van der Waals surface area contributed by atoms with E-state index in [2.05, 4.69) is 4.90 Å². The number of rotatable bonds is 5. The molecule has 2 aliphatic heterocycles. The van der Waals surface area contributed by atoms with Crippen molar-refractivity contribution in [1.29, 1.82) is 0 Å². The van der Waals surface area contributed by atoms with E-state index in [1.54, 1.807) is 30.3 Å². The molecule has 2 aromatic rings. The molecule has 6 nitrogen and oxygen atoms in total. The number of amides is 1. The molecule has 0 aliphatic carbocycles. The van der Waals surface area contributed by atoms with Gasteiger partial charge in [0.2, 0.25) is 6.79 Å². The molecule has 0 aromatic heterocycles. The largest absolute Gasteiger partial charge is 0.484 e. The molecule has 4 rings (SSSR count). The summed E-state index contributed by atoms with van der Waals surface area (Å²) in [7, 11) is 0. The molecule has 1 fully saturated rings. The first kappa shape index (κ1) is 18.6. The van der Waals surface area contributed by atoms with E-state index in [1.807, 2.05) is 11.0 Å². The van der Waals surface area contributed by atoms with E-state index in [0.717, 1.165) is 25.1 Å². The maximum Gasteiger partial charge on any atom is 0.260 e. The maximum absolute atomic E-state index is 13.4. The maximum atomic E-state index is 13.4. The Morgan fingerprint density at radius 1 is 1.04 bits per heavy atom. The zero-order valence-electron chi connectivity index (χ0n) is 15.6. The highest BCUT2D eigenvalue weighted by Crippen LogP contribution is 2.35. The van der Waals surface area contributed by atoms with Crippen LogP contribution in [0.3, 0.4) is 0 Å². The summed E-state index contributed by atoms with van der Waals surface area (Å²) in [5.74, 6) is 1.65. The van der Waals surface area contributed by atoms with Crippen molar-refractivity contribution in [3.05, 3.63) is 53.8 Å². The van der Waals surface area contributed by atoms with Gasteiger partial charge in [0.1, 0.15) is 11.6 Å². The minimum atomic E-state index is -0.218. The van der Waals surface area contributed by atoms with Gasteiger partial charge in [-0.2, -0.15) is 0 Å². The van der Waals surface area contributed by atoms with Crippen molar-refractivity contribution < 1.29 is 23.4 Å². The Balaban J connectivity index is 1.27. The lowest BCUT2D eigenvalue weighted by Crippen LogP contribution is -2.38. The molecule has 0 unspecified atom stereocenters. The molecule has 0 saturated carbocycles. The Morgan fingerprint density at radius 2 is 1.93 bits per heavy atom. The van der Waals surface area contributed by atoms with Crippen LogP contribution in [0.25, 0.3) is 0 Å². The summed E-state index contributed by atoms with van der Waals surface area (Å²) in [4.78, 5) is 16.6. The van der Waals surface area contributed by atoms with Crippen molar-refractivity contribution in [1.82, 2.24) is 9.80 Å². The van der Waals surface area contributed by atoms with Crippen LogP contribution in [0.4, 0.5) is 4.39 Å². The molecule has 0 N–H and O–H groups in total. The molecule has 0 spiro atoms. The number of halogens is 1. The van der Waals surface area contributed by atoms with Gasteiger partial charge in [-0.05, 0) is 36.2 Å². The SMILES string of the molecule is O=C(COc1ccc2c(c1)OCO2)N1CCCN(Cc2cccc(F)c2)CC1. The summed E-state index contributed by atoms with van der Waals surface area (Å²) >= 11 is 0. The van der Waals surface area contributed by atoms with Crippen LogP contribution < -0.4 is 14.2 Å². The van der Waals surface area contributed by atoms with Crippen molar-refractivity contribution in [3.63, 3.8) is 0 Å². The Labute approximate surface area is 163 Å². The zero-order chi connectivity index (χ0) is 19.3. The number of fused-ring (bicyclic) bond motifs is 1. The lowest BCUT2D eigenvalue weighted by atomic mass is 10.2. The van der Waals surface area contributed by atoms with Gasteiger partial charge in [-0.3, -0.25) is 9.69 Å². The molecule has 148 valence electrons. The minimum Gasteiger partial charge on any atom is -0.484 e. The molecule has 0 radical (unpaired) electrons. The number of carbonyl (C=O) groups is 1. The first-order chi connectivity index (χ1) is 13.7. The molecule has 1 saturated heterocycles. The third-order valence-electron chi connectivity index (χ3n) is 4.94. The van der Waals surface area contributed by atoms with Crippen LogP contribution in [0.1, 0.15) is 12.0 Å². The lowest BCUT2D eigenvalue weighted by molar-refractivity contribution is -0.133. The van der Waals surface area contributed by atoms with Gasteiger partial charge in [-0.15, -0.1) is 0 Å². The molecule has 0 bridgehead atoms. The van der Waals surface area contributed by atoms with Crippen LogP contribution in [-0.2, 0) is 11.3 Å². The third-order valence-corrected chi connectivity index (χ3v) is 4.94. The van der Waals surface area contributed by atoms with E-state index >= 15 is 0 Å². The number of benzene rings is 2. The van der Waals surface area contributed by atoms with Gasteiger partial charge in [-0.25, -0.2) is 4.39 Å². The van der Waals surface area contributed by atoms with Crippen molar-refractivity contribution in [3.8, 4) is 17.2 Å². The highest BCUT2D eigenvalue weighted by molar-refractivity contribution is 5.77.